The van der Waals surface area contributed by atoms with E-state index in [2.05, 4.69) is 27.4 Å². The summed E-state index contributed by atoms with van der Waals surface area (Å²) in [7, 11) is 0. The van der Waals surface area contributed by atoms with E-state index in [1.807, 2.05) is 0 Å². The summed E-state index contributed by atoms with van der Waals surface area (Å²) in [6.45, 7) is 13.5. The molecule has 2 saturated carbocycles. The van der Waals surface area contributed by atoms with Gasteiger partial charge in [-0.05, 0) is 55.3 Å². The molecule has 0 N–H and O–H groups in total. The van der Waals surface area contributed by atoms with Crippen molar-refractivity contribution in [2.75, 3.05) is 0 Å². The van der Waals surface area contributed by atoms with E-state index in [-0.39, 0.29) is 0 Å². The maximum atomic E-state index is 11.4. The summed E-state index contributed by atoms with van der Waals surface area (Å²) in [6, 6.07) is 0. The van der Waals surface area contributed by atoms with Crippen molar-refractivity contribution in [1.82, 2.24) is 0 Å². The summed E-state index contributed by atoms with van der Waals surface area (Å²) in [5, 5.41) is 0. The molecule has 0 amide bonds. The molecule has 0 aromatic carbocycles. The Kier molecular flexibility index (Phi) is 3.95. The van der Waals surface area contributed by atoms with Crippen LogP contribution in [0.25, 0.3) is 0 Å². The van der Waals surface area contributed by atoms with Crippen LogP contribution in [-0.2, 0) is 4.79 Å². The van der Waals surface area contributed by atoms with Gasteiger partial charge < -0.3 is 4.79 Å². The summed E-state index contributed by atoms with van der Waals surface area (Å²) >= 11 is 0. The Hall–Kier alpha value is -0.590. The zero-order valence-corrected chi connectivity index (χ0v) is 13.2. The van der Waals surface area contributed by atoms with Gasteiger partial charge in [0.2, 0.25) is 0 Å². The van der Waals surface area contributed by atoms with Crippen molar-refractivity contribution in [3.8, 4) is 0 Å². The Bertz CT molecular complexity index is 383. The molecule has 0 heterocycles. The van der Waals surface area contributed by atoms with Crippen LogP contribution in [0.5, 0.6) is 0 Å². The second-order valence-electron chi connectivity index (χ2n) is 7.58. The fourth-order valence-corrected chi connectivity index (χ4v) is 4.96. The van der Waals surface area contributed by atoms with Gasteiger partial charge in [-0.2, -0.15) is 0 Å². The van der Waals surface area contributed by atoms with Crippen LogP contribution in [0, 0.1) is 22.7 Å². The van der Waals surface area contributed by atoms with Gasteiger partial charge in [-0.1, -0.05) is 45.8 Å². The number of carbonyl (C=O) groups is 1. The number of ketones is 1. The summed E-state index contributed by atoms with van der Waals surface area (Å²) in [6.07, 6.45) is 8.24. The Morgan fingerprint density at radius 2 is 2.00 bits per heavy atom. The standard InChI is InChI=1S/C18H30O/c1-13-10-12-17(4)14(2)7-6-11-18(17,5)16(13)9-8-15(3)19/h14,16H,1,6-12H2,2-5H3/t14-,16-,17+,18+/m0/s1. The Balaban J connectivity index is 2.29. The minimum Gasteiger partial charge on any atom is -0.300 e. The second-order valence-corrected chi connectivity index (χ2v) is 7.58. The lowest BCUT2D eigenvalue weighted by molar-refractivity contribution is -0.119. The highest BCUT2D eigenvalue weighted by Crippen LogP contribution is 2.64. The van der Waals surface area contributed by atoms with Gasteiger partial charge in [0, 0.05) is 6.42 Å². The van der Waals surface area contributed by atoms with E-state index in [9.17, 15) is 4.79 Å². The molecule has 2 aliphatic carbocycles. The molecule has 0 radical (unpaired) electrons. The van der Waals surface area contributed by atoms with E-state index in [1.54, 1.807) is 6.92 Å². The summed E-state index contributed by atoms with van der Waals surface area (Å²) in [4.78, 5) is 11.4. The fraction of sp³-hybridized carbons (Fsp3) is 0.833. The Labute approximate surface area is 118 Å². The van der Waals surface area contributed by atoms with Crippen LogP contribution in [0.1, 0.15) is 72.6 Å². The first kappa shape index (κ1) is 14.8. The predicted octanol–water partition coefficient (Wildman–Crippen LogP) is 5.15. The van der Waals surface area contributed by atoms with E-state index < -0.39 is 0 Å². The molecule has 19 heavy (non-hydrogen) atoms. The molecule has 1 nitrogen and oxygen atoms in total. The molecule has 2 aliphatic rings. The van der Waals surface area contributed by atoms with E-state index in [1.165, 1.54) is 37.7 Å². The molecule has 0 aromatic rings. The first-order chi connectivity index (χ1) is 8.81. The van der Waals surface area contributed by atoms with Crippen LogP contribution in [0.3, 0.4) is 0 Å². The average molecular weight is 262 g/mol. The lowest BCUT2D eigenvalue weighted by Crippen LogP contribution is -2.53. The van der Waals surface area contributed by atoms with Crippen LogP contribution in [-0.4, -0.2) is 5.78 Å². The first-order valence-corrected chi connectivity index (χ1v) is 7.98. The number of hydrogen-bond acceptors (Lipinski definition) is 1. The molecular formula is C18H30O. The van der Waals surface area contributed by atoms with E-state index in [0.29, 0.717) is 22.5 Å². The van der Waals surface area contributed by atoms with E-state index in [0.717, 1.165) is 18.8 Å². The van der Waals surface area contributed by atoms with E-state index >= 15 is 0 Å². The number of rotatable bonds is 3. The van der Waals surface area contributed by atoms with Crippen molar-refractivity contribution in [2.24, 2.45) is 22.7 Å². The molecule has 2 rings (SSSR count). The van der Waals surface area contributed by atoms with Crippen molar-refractivity contribution in [3.05, 3.63) is 12.2 Å². The van der Waals surface area contributed by atoms with Crippen molar-refractivity contribution >= 4 is 5.78 Å². The third kappa shape index (κ3) is 2.30. The van der Waals surface area contributed by atoms with Crippen molar-refractivity contribution < 1.29 is 4.79 Å². The van der Waals surface area contributed by atoms with Gasteiger partial charge in [0.05, 0.1) is 0 Å². The van der Waals surface area contributed by atoms with Gasteiger partial charge in [-0.3, -0.25) is 0 Å². The largest absolute Gasteiger partial charge is 0.300 e. The lowest BCUT2D eigenvalue weighted by atomic mass is 9.43. The molecule has 0 aliphatic heterocycles. The average Bonchev–Trinajstić information content (AvgIpc) is 2.32. The topological polar surface area (TPSA) is 17.1 Å². The molecule has 2 fully saturated rings. The highest BCUT2D eigenvalue weighted by Gasteiger charge is 2.55. The van der Waals surface area contributed by atoms with Gasteiger partial charge >= 0.3 is 0 Å². The van der Waals surface area contributed by atoms with Crippen LogP contribution in [0.15, 0.2) is 12.2 Å². The molecule has 0 unspecified atom stereocenters. The maximum absolute atomic E-state index is 11.4. The van der Waals surface area contributed by atoms with Crippen LogP contribution in [0.2, 0.25) is 0 Å². The molecule has 0 spiro atoms. The van der Waals surface area contributed by atoms with E-state index in [4.69, 9.17) is 0 Å². The summed E-state index contributed by atoms with van der Waals surface area (Å²) in [5.74, 6) is 1.68. The fourth-order valence-electron chi connectivity index (χ4n) is 4.96. The van der Waals surface area contributed by atoms with Gasteiger partial charge in [-0.25, -0.2) is 0 Å². The van der Waals surface area contributed by atoms with Crippen LogP contribution >= 0.6 is 0 Å². The normalized spacial score (nSPS) is 42.8. The summed E-state index contributed by atoms with van der Waals surface area (Å²) < 4.78 is 0. The minimum absolute atomic E-state index is 0.326. The van der Waals surface area contributed by atoms with Crippen molar-refractivity contribution in [2.45, 2.75) is 72.6 Å². The highest BCUT2D eigenvalue weighted by molar-refractivity contribution is 5.75. The predicted molar refractivity (Wildman–Crippen MR) is 81.0 cm³/mol. The molecule has 0 bridgehead atoms. The molecular weight excluding hydrogens is 232 g/mol. The molecule has 108 valence electrons. The van der Waals surface area contributed by atoms with Crippen LogP contribution < -0.4 is 0 Å². The number of carbonyl (C=O) groups excluding carboxylic acids is 1. The lowest BCUT2D eigenvalue weighted by Gasteiger charge is -2.61. The van der Waals surface area contributed by atoms with Gasteiger partial charge in [0.1, 0.15) is 5.78 Å². The molecule has 4 atom stereocenters. The van der Waals surface area contributed by atoms with Crippen LogP contribution in [0.4, 0.5) is 0 Å². The number of fused-ring (bicyclic) bond motifs is 1. The van der Waals surface area contributed by atoms with Crippen molar-refractivity contribution in [3.63, 3.8) is 0 Å². The van der Waals surface area contributed by atoms with Gasteiger partial charge in [-0.15, -0.1) is 0 Å². The first-order valence-electron chi connectivity index (χ1n) is 7.98. The quantitative estimate of drug-likeness (QED) is 0.642. The smallest absolute Gasteiger partial charge is 0.129 e. The van der Waals surface area contributed by atoms with Crippen molar-refractivity contribution in [1.29, 1.82) is 0 Å². The monoisotopic (exact) mass is 262 g/mol. The SMILES string of the molecule is C=C1CC[C@]2(C)[C@@H](C)CCC[C@]2(C)[C@H]1CCC(C)=O. The minimum atomic E-state index is 0.326. The second kappa shape index (κ2) is 5.07. The molecule has 0 aromatic heterocycles. The third-order valence-corrected chi connectivity index (χ3v) is 6.74. The number of hydrogen-bond donors (Lipinski definition) is 0. The van der Waals surface area contributed by atoms with Gasteiger partial charge in [0.25, 0.3) is 0 Å². The zero-order valence-electron chi connectivity index (χ0n) is 13.2. The molecule has 1 heteroatoms. The Morgan fingerprint density at radius 1 is 1.32 bits per heavy atom. The zero-order chi connectivity index (χ0) is 14.3. The number of Topliss-reactive ketones (excluding diaryl/α,β-unsaturated/α-hetero) is 1. The maximum Gasteiger partial charge on any atom is 0.129 e. The molecule has 0 saturated heterocycles. The number of allylic oxidation sites excluding steroid dienone is 1. The summed E-state index contributed by atoms with van der Waals surface area (Å²) in [5.41, 5.74) is 2.21. The van der Waals surface area contributed by atoms with Gasteiger partial charge in [0.15, 0.2) is 0 Å². The highest BCUT2D eigenvalue weighted by atomic mass is 16.1. The third-order valence-electron chi connectivity index (χ3n) is 6.74. The Morgan fingerprint density at radius 3 is 2.63 bits per heavy atom.